The van der Waals surface area contributed by atoms with Crippen molar-refractivity contribution in [2.45, 2.75) is 6.18 Å². The van der Waals surface area contributed by atoms with Crippen LogP contribution in [-0.4, -0.2) is 11.1 Å². The zero-order valence-corrected chi connectivity index (χ0v) is 10.7. The fourth-order valence-electron chi connectivity index (χ4n) is 1.85. The van der Waals surface area contributed by atoms with Gasteiger partial charge in [-0.05, 0) is 29.3 Å². The van der Waals surface area contributed by atoms with Crippen LogP contribution in [0.15, 0.2) is 42.5 Å². The van der Waals surface area contributed by atoms with E-state index in [0.717, 1.165) is 0 Å². The third-order valence-corrected chi connectivity index (χ3v) is 3.05. The van der Waals surface area contributed by atoms with Gasteiger partial charge < -0.3 is 5.11 Å². The lowest BCUT2D eigenvalue weighted by Crippen LogP contribution is -2.08. The van der Waals surface area contributed by atoms with E-state index < -0.39 is 22.7 Å². The van der Waals surface area contributed by atoms with Gasteiger partial charge in [0.25, 0.3) is 0 Å². The molecule has 20 heavy (non-hydrogen) atoms. The standard InChI is InChI=1S/C14H8ClF3O2/c15-11-3-1-2-10(12(11)14(16,17)18)8-4-6-9(7-5-8)13(19)20/h1-7H,(H,19,20). The van der Waals surface area contributed by atoms with Crippen LogP contribution in [0.1, 0.15) is 15.9 Å². The predicted octanol–water partition coefficient (Wildman–Crippen LogP) is 4.72. The van der Waals surface area contributed by atoms with Gasteiger partial charge in [-0.15, -0.1) is 0 Å². The molecule has 2 aromatic carbocycles. The highest BCUT2D eigenvalue weighted by atomic mass is 35.5. The minimum absolute atomic E-state index is 0.00402. The van der Waals surface area contributed by atoms with Crippen molar-refractivity contribution in [3.63, 3.8) is 0 Å². The summed E-state index contributed by atoms with van der Waals surface area (Å²) in [5.41, 5.74) is -0.749. The number of carbonyl (C=O) groups is 1. The van der Waals surface area contributed by atoms with E-state index in [-0.39, 0.29) is 16.7 Å². The van der Waals surface area contributed by atoms with Gasteiger partial charge in [-0.2, -0.15) is 13.2 Å². The molecule has 0 spiro atoms. The number of benzene rings is 2. The van der Waals surface area contributed by atoms with E-state index in [9.17, 15) is 18.0 Å². The molecule has 0 bridgehead atoms. The number of rotatable bonds is 2. The summed E-state index contributed by atoms with van der Waals surface area (Å²) in [6.07, 6.45) is -4.58. The molecule has 104 valence electrons. The Morgan fingerprint density at radius 2 is 1.65 bits per heavy atom. The van der Waals surface area contributed by atoms with Gasteiger partial charge >= 0.3 is 12.1 Å². The van der Waals surface area contributed by atoms with Gasteiger partial charge in [0.15, 0.2) is 0 Å². The number of carboxylic acid groups (broad SMARTS) is 1. The fourth-order valence-corrected chi connectivity index (χ4v) is 2.13. The Kier molecular flexibility index (Phi) is 3.72. The molecular formula is C14H8ClF3O2. The van der Waals surface area contributed by atoms with Gasteiger partial charge in [0.2, 0.25) is 0 Å². The van der Waals surface area contributed by atoms with Gasteiger partial charge in [-0.25, -0.2) is 4.79 Å². The number of carboxylic acids is 1. The van der Waals surface area contributed by atoms with Crippen LogP contribution >= 0.6 is 11.6 Å². The Hall–Kier alpha value is -2.01. The minimum Gasteiger partial charge on any atom is -0.478 e. The minimum atomic E-state index is -4.58. The second-order valence-electron chi connectivity index (χ2n) is 4.04. The largest absolute Gasteiger partial charge is 0.478 e. The maximum atomic E-state index is 13.0. The lowest BCUT2D eigenvalue weighted by Gasteiger charge is -2.14. The van der Waals surface area contributed by atoms with E-state index in [0.29, 0.717) is 0 Å². The lowest BCUT2D eigenvalue weighted by molar-refractivity contribution is -0.137. The highest BCUT2D eigenvalue weighted by molar-refractivity contribution is 6.31. The Labute approximate surface area is 117 Å². The molecular weight excluding hydrogens is 293 g/mol. The van der Waals surface area contributed by atoms with Crippen LogP contribution < -0.4 is 0 Å². The molecule has 0 fully saturated rings. The number of aromatic carboxylic acids is 1. The lowest BCUT2D eigenvalue weighted by atomic mass is 9.98. The first-order chi connectivity index (χ1) is 9.30. The summed E-state index contributed by atoms with van der Waals surface area (Å²) in [4.78, 5) is 10.7. The van der Waals surface area contributed by atoms with Gasteiger partial charge in [-0.3, -0.25) is 0 Å². The van der Waals surface area contributed by atoms with Crippen LogP contribution in [0.2, 0.25) is 5.02 Å². The quantitative estimate of drug-likeness (QED) is 0.871. The second-order valence-corrected chi connectivity index (χ2v) is 4.45. The molecule has 0 heterocycles. The van der Waals surface area contributed by atoms with Crippen LogP contribution in [0.3, 0.4) is 0 Å². The molecule has 0 aliphatic heterocycles. The van der Waals surface area contributed by atoms with Crippen molar-refractivity contribution in [1.82, 2.24) is 0 Å². The van der Waals surface area contributed by atoms with Gasteiger partial charge in [0.1, 0.15) is 0 Å². The van der Waals surface area contributed by atoms with E-state index in [1.807, 2.05) is 0 Å². The average molecular weight is 301 g/mol. The van der Waals surface area contributed by atoms with Gasteiger partial charge in [0, 0.05) is 0 Å². The molecule has 1 N–H and O–H groups in total. The maximum Gasteiger partial charge on any atom is 0.418 e. The van der Waals surface area contributed by atoms with E-state index >= 15 is 0 Å². The molecule has 2 rings (SSSR count). The fraction of sp³-hybridized carbons (Fsp3) is 0.0714. The molecule has 6 heteroatoms. The molecule has 0 unspecified atom stereocenters. The topological polar surface area (TPSA) is 37.3 Å². The Bertz CT molecular complexity index is 648. The Morgan fingerprint density at radius 1 is 1.05 bits per heavy atom. The van der Waals surface area contributed by atoms with Crippen molar-refractivity contribution in [2.24, 2.45) is 0 Å². The molecule has 0 radical (unpaired) electrons. The summed E-state index contributed by atoms with van der Waals surface area (Å²) in [7, 11) is 0. The van der Waals surface area contributed by atoms with Crippen molar-refractivity contribution < 1.29 is 23.1 Å². The first kappa shape index (κ1) is 14.4. The summed E-state index contributed by atoms with van der Waals surface area (Å²) in [6.45, 7) is 0. The predicted molar refractivity (Wildman–Crippen MR) is 68.8 cm³/mol. The van der Waals surface area contributed by atoms with E-state index in [1.54, 1.807) is 0 Å². The Morgan fingerprint density at radius 3 is 2.15 bits per heavy atom. The third kappa shape index (κ3) is 2.77. The van der Waals surface area contributed by atoms with Crippen LogP contribution in [0.4, 0.5) is 13.2 Å². The average Bonchev–Trinajstić information content (AvgIpc) is 2.37. The second kappa shape index (κ2) is 5.17. The van der Waals surface area contributed by atoms with Gasteiger partial charge in [0.05, 0.1) is 16.1 Å². The van der Waals surface area contributed by atoms with E-state index in [4.69, 9.17) is 16.7 Å². The third-order valence-electron chi connectivity index (χ3n) is 2.74. The zero-order chi connectivity index (χ0) is 14.9. The molecule has 0 aromatic heterocycles. The van der Waals surface area contributed by atoms with Crippen molar-refractivity contribution >= 4 is 17.6 Å². The molecule has 0 saturated carbocycles. The number of hydrogen-bond donors (Lipinski definition) is 1. The molecule has 0 amide bonds. The molecule has 0 aliphatic rings. The van der Waals surface area contributed by atoms with Crippen molar-refractivity contribution in [3.8, 4) is 11.1 Å². The van der Waals surface area contributed by atoms with Crippen LogP contribution in [-0.2, 0) is 6.18 Å². The highest BCUT2D eigenvalue weighted by Gasteiger charge is 2.36. The normalized spacial score (nSPS) is 11.4. The highest BCUT2D eigenvalue weighted by Crippen LogP contribution is 2.41. The molecule has 0 saturated heterocycles. The molecule has 0 aliphatic carbocycles. The monoisotopic (exact) mass is 300 g/mol. The van der Waals surface area contributed by atoms with E-state index in [2.05, 4.69) is 0 Å². The van der Waals surface area contributed by atoms with Crippen LogP contribution in [0, 0.1) is 0 Å². The molecule has 2 aromatic rings. The smallest absolute Gasteiger partial charge is 0.418 e. The molecule has 0 atom stereocenters. The Balaban J connectivity index is 2.58. The molecule has 2 nitrogen and oxygen atoms in total. The van der Waals surface area contributed by atoms with Crippen LogP contribution in [0.25, 0.3) is 11.1 Å². The summed E-state index contributed by atoms with van der Waals surface area (Å²) in [6, 6.07) is 9.02. The van der Waals surface area contributed by atoms with E-state index in [1.165, 1.54) is 42.5 Å². The summed E-state index contributed by atoms with van der Waals surface area (Å²) < 4.78 is 39.1. The number of halogens is 4. The SMILES string of the molecule is O=C(O)c1ccc(-c2cccc(Cl)c2C(F)(F)F)cc1. The van der Waals surface area contributed by atoms with Gasteiger partial charge in [-0.1, -0.05) is 35.9 Å². The van der Waals surface area contributed by atoms with Crippen molar-refractivity contribution in [3.05, 3.63) is 58.6 Å². The summed E-state index contributed by atoms with van der Waals surface area (Å²) in [5.74, 6) is -1.14. The van der Waals surface area contributed by atoms with Crippen molar-refractivity contribution in [2.75, 3.05) is 0 Å². The number of alkyl halides is 3. The zero-order valence-electron chi connectivity index (χ0n) is 9.91. The van der Waals surface area contributed by atoms with Crippen LogP contribution in [0.5, 0.6) is 0 Å². The summed E-state index contributed by atoms with van der Waals surface area (Å²) in [5, 5.41) is 8.38. The summed E-state index contributed by atoms with van der Waals surface area (Å²) >= 11 is 5.63. The first-order valence-corrected chi connectivity index (χ1v) is 5.88. The number of hydrogen-bond acceptors (Lipinski definition) is 1. The first-order valence-electron chi connectivity index (χ1n) is 5.50. The van der Waals surface area contributed by atoms with Crippen molar-refractivity contribution in [1.29, 1.82) is 0 Å². The maximum absolute atomic E-state index is 13.0.